The molecule has 0 aliphatic heterocycles. The van der Waals surface area contributed by atoms with Crippen LogP contribution in [0, 0.1) is 23.7 Å². The van der Waals surface area contributed by atoms with Crippen LogP contribution in [0.3, 0.4) is 0 Å². The Balaban J connectivity index is -0.000000680. The highest BCUT2D eigenvalue weighted by Crippen LogP contribution is 2.25. The molecule has 2 aromatic rings. The van der Waals surface area contributed by atoms with E-state index in [2.05, 4.69) is 20.8 Å². The maximum absolute atomic E-state index is 14.1. The van der Waals surface area contributed by atoms with Gasteiger partial charge in [0, 0.05) is 5.92 Å². The van der Waals surface area contributed by atoms with Gasteiger partial charge in [-0.1, -0.05) is 143 Å². The third kappa shape index (κ3) is 28.1. The molecule has 0 fully saturated rings. The summed E-state index contributed by atoms with van der Waals surface area (Å²) in [6, 6.07) is 13.6. The Kier molecular flexibility index (Phi) is 37.7. The number of alkyl halides is 4. The molecule has 0 bridgehead atoms. The normalized spacial score (nSPS) is 15.3. The molecule has 0 spiro atoms. The first-order chi connectivity index (χ1) is 27.3. The quantitative estimate of drug-likeness (QED) is 0.0739. The van der Waals surface area contributed by atoms with E-state index in [1.807, 2.05) is 27.7 Å². The monoisotopic (exact) mass is 872 g/mol. The van der Waals surface area contributed by atoms with Crippen LogP contribution in [-0.4, -0.2) is 81.6 Å². The highest BCUT2D eigenvalue weighted by molar-refractivity contribution is 7.92. The van der Waals surface area contributed by atoms with Crippen LogP contribution in [0.4, 0.5) is 17.6 Å². The lowest BCUT2D eigenvalue weighted by molar-refractivity contribution is -0.110. The maximum Gasteiger partial charge on any atom is 0.231 e. The smallest absolute Gasteiger partial charge is 0.231 e. The summed E-state index contributed by atoms with van der Waals surface area (Å²) in [4.78, 5) is 9.95. The van der Waals surface area contributed by atoms with E-state index in [9.17, 15) is 44.3 Å². The van der Waals surface area contributed by atoms with Crippen molar-refractivity contribution >= 4 is 26.0 Å². The number of hydrogen-bond donors (Lipinski definition) is 3. The number of hydrogen-bond acceptors (Lipinski definition) is 8. The average Bonchev–Trinajstić information content (AvgIpc) is 3.25. The maximum atomic E-state index is 14.1. The van der Waals surface area contributed by atoms with Gasteiger partial charge in [0.25, 0.3) is 0 Å². The first-order valence-corrected chi connectivity index (χ1v) is 23.9. The average molecular weight is 873 g/mol. The van der Waals surface area contributed by atoms with Crippen molar-refractivity contribution in [3.63, 3.8) is 0 Å². The highest BCUT2D eigenvalue weighted by atomic mass is 32.2. The van der Waals surface area contributed by atoms with Crippen molar-refractivity contribution in [3.8, 4) is 0 Å². The summed E-state index contributed by atoms with van der Waals surface area (Å²) in [7, 11) is -7.79. The molecule has 0 aliphatic carbocycles. The molecule has 0 heterocycles. The fourth-order valence-corrected chi connectivity index (χ4v) is 7.03. The molecule has 0 saturated carbocycles. The van der Waals surface area contributed by atoms with Gasteiger partial charge in [-0.15, -0.1) is 0 Å². The first kappa shape index (κ1) is 59.9. The van der Waals surface area contributed by atoms with Crippen molar-refractivity contribution in [2.75, 3.05) is 19.4 Å². The summed E-state index contributed by atoms with van der Waals surface area (Å²) < 4.78 is 95.3. The minimum Gasteiger partial charge on any atom is -0.390 e. The Morgan fingerprint density at radius 2 is 0.914 bits per heavy atom. The number of aldehydes is 1. The second-order valence-electron chi connectivity index (χ2n) is 14.8. The second kappa shape index (κ2) is 36.5. The third-order valence-electron chi connectivity index (χ3n) is 9.38. The molecule has 0 aromatic heterocycles. The van der Waals surface area contributed by atoms with Gasteiger partial charge in [0.1, 0.15) is 25.7 Å². The Hall–Kier alpha value is -2.39. The van der Waals surface area contributed by atoms with Crippen LogP contribution in [0.25, 0.3) is 0 Å². The predicted molar refractivity (Wildman–Crippen MR) is 229 cm³/mol. The van der Waals surface area contributed by atoms with Gasteiger partial charge in [0.2, 0.25) is 25.2 Å². The van der Waals surface area contributed by atoms with Gasteiger partial charge in [-0.05, 0) is 67.7 Å². The molecule has 8 atom stereocenters. The van der Waals surface area contributed by atoms with Crippen LogP contribution in [0.1, 0.15) is 132 Å². The summed E-state index contributed by atoms with van der Waals surface area (Å²) >= 11 is 0. The zero-order valence-corrected chi connectivity index (χ0v) is 37.9. The molecule has 8 nitrogen and oxygen atoms in total. The molecular formula is C44H76F4O8S2. The van der Waals surface area contributed by atoms with Crippen LogP contribution in [-0.2, 0) is 24.5 Å². The third-order valence-corrected chi connectivity index (χ3v) is 12.5. The van der Waals surface area contributed by atoms with Crippen LogP contribution in [0.15, 0.2) is 70.5 Å². The molecule has 3 N–H and O–H groups in total. The largest absolute Gasteiger partial charge is 0.390 e. The molecule has 2 aromatic carbocycles. The lowest BCUT2D eigenvalue weighted by atomic mass is 9.99. The molecule has 0 saturated heterocycles. The van der Waals surface area contributed by atoms with E-state index in [1.165, 1.54) is 49.2 Å². The van der Waals surface area contributed by atoms with E-state index >= 15 is 0 Å². The molecule has 2 rings (SSSR count). The van der Waals surface area contributed by atoms with Crippen molar-refractivity contribution in [1.82, 2.24) is 0 Å². The minimum absolute atomic E-state index is 0.0301. The van der Waals surface area contributed by atoms with Crippen LogP contribution in [0.5, 0.6) is 0 Å². The second-order valence-corrected chi connectivity index (χ2v) is 18.7. The standard InChI is InChI=1S/C14H21FO3S.2C8H17FO.C7H7FO2S.C7H14O/c1-3-4-8-11(2)13(16)14(15)19(17,18)12-9-6-5-7-10-12;2*1-3-4-5-7(2)8(10)6-9;8-6-11(9,10)7-4-2-1-3-5-7;1-3-4-5-7(2)6-8/h5-7,9-11,13-14,16H,3-4,8H2,1-2H3;2*7-8,10H,3-6H2,1-2H3;1-5H,6H2;6-7H,3-5H2,1-2H3/t11-,13?,14?;7-,8+;7-,8-;;7-/m111.1/s1. The Morgan fingerprint density at radius 1 is 0.569 bits per heavy atom. The number of carbonyl (C=O) groups excluding carboxylic acids is 1. The molecule has 58 heavy (non-hydrogen) atoms. The lowest BCUT2D eigenvalue weighted by Gasteiger charge is -2.22. The summed E-state index contributed by atoms with van der Waals surface area (Å²) in [6.45, 7) is 14.5. The summed E-state index contributed by atoms with van der Waals surface area (Å²) in [6.07, 6.45) is 10.1. The van der Waals surface area contributed by atoms with Crippen LogP contribution >= 0.6 is 0 Å². The van der Waals surface area contributed by atoms with Crippen molar-refractivity contribution < 1.29 is 54.5 Å². The van der Waals surface area contributed by atoms with E-state index in [0.29, 0.717) is 6.42 Å². The van der Waals surface area contributed by atoms with Crippen molar-refractivity contribution in [2.45, 2.75) is 166 Å². The fraction of sp³-hybridized carbons (Fsp3) is 0.705. The number of halogens is 4. The molecular weight excluding hydrogens is 797 g/mol. The first-order valence-electron chi connectivity index (χ1n) is 20.7. The van der Waals surface area contributed by atoms with E-state index in [1.54, 1.807) is 31.2 Å². The number of benzene rings is 2. The summed E-state index contributed by atoms with van der Waals surface area (Å²) in [5.74, 6) is 0.123. The van der Waals surface area contributed by atoms with E-state index in [0.717, 1.165) is 64.1 Å². The van der Waals surface area contributed by atoms with Crippen molar-refractivity contribution in [2.24, 2.45) is 23.7 Å². The number of carbonyl (C=O) groups is 1. The van der Waals surface area contributed by atoms with Gasteiger partial charge in [-0.2, -0.15) is 0 Å². The zero-order valence-electron chi connectivity index (χ0n) is 36.3. The van der Waals surface area contributed by atoms with E-state index in [-0.39, 0.29) is 33.5 Å². The topological polar surface area (TPSA) is 146 Å². The van der Waals surface area contributed by atoms with Gasteiger partial charge in [0.05, 0.1) is 22.0 Å². The molecule has 2 unspecified atom stereocenters. The number of sulfone groups is 2. The molecule has 14 heteroatoms. The number of rotatable bonds is 23. The Labute approximate surface area is 349 Å². The zero-order chi connectivity index (χ0) is 45.2. The molecule has 0 radical (unpaired) electrons. The van der Waals surface area contributed by atoms with Crippen molar-refractivity contribution in [1.29, 1.82) is 0 Å². The minimum atomic E-state index is -4.12. The highest BCUT2D eigenvalue weighted by Gasteiger charge is 2.36. The van der Waals surface area contributed by atoms with Crippen LogP contribution < -0.4 is 0 Å². The van der Waals surface area contributed by atoms with Gasteiger partial charge >= 0.3 is 0 Å². The molecule has 0 aliphatic rings. The van der Waals surface area contributed by atoms with Crippen LogP contribution in [0.2, 0.25) is 0 Å². The fourth-order valence-electron chi connectivity index (χ4n) is 4.90. The Bertz CT molecular complexity index is 1420. The van der Waals surface area contributed by atoms with E-state index in [4.69, 9.17) is 10.2 Å². The number of unbranched alkanes of at least 4 members (excludes halogenated alkanes) is 4. The van der Waals surface area contributed by atoms with Gasteiger partial charge in [-0.3, -0.25) is 0 Å². The summed E-state index contributed by atoms with van der Waals surface area (Å²) in [5.41, 5.74) is -2.28. The van der Waals surface area contributed by atoms with Crippen molar-refractivity contribution in [3.05, 3.63) is 60.7 Å². The van der Waals surface area contributed by atoms with E-state index < -0.39 is 62.8 Å². The summed E-state index contributed by atoms with van der Waals surface area (Å²) in [5, 5.41) is 27.8. The lowest BCUT2D eigenvalue weighted by Crippen LogP contribution is -2.35. The SMILES string of the molecule is CCCC[C@@H](C)C(O)C(F)S(=O)(=O)c1ccccc1.CCCC[C@@H](C)C=O.CCCC[C@@H](C)[C@@H](O)CF.CCCC[C@@H](C)[C@H](O)CF.O=S(=O)(CF)c1ccccc1. The molecule has 0 amide bonds. The predicted octanol–water partition coefficient (Wildman–Crippen LogP) is 10.6. The van der Waals surface area contributed by atoms with Gasteiger partial charge < -0.3 is 20.1 Å². The van der Waals surface area contributed by atoms with Gasteiger partial charge in [-0.25, -0.2) is 34.4 Å². The number of aliphatic hydroxyl groups is 3. The Morgan fingerprint density at radius 3 is 1.24 bits per heavy atom. The molecule has 340 valence electrons. The number of aliphatic hydroxyl groups excluding tert-OH is 3. The van der Waals surface area contributed by atoms with Gasteiger partial charge in [0.15, 0.2) is 6.01 Å².